The first-order valence-corrected chi connectivity index (χ1v) is 10.5. The number of rotatable bonds is 8. The fourth-order valence-electron chi connectivity index (χ4n) is 3.28. The molecule has 1 aromatic rings. The van der Waals surface area contributed by atoms with Crippen LogP contribution in [0.4, 0.5) is 0 Å². The summed E-state index contributed by atoms with van der Waals surface area (Å²) in [7, 11) is 5.37. The van der Waals surface area contributed by atoms with Gasteiger partial charge in [-0.05, 0) is 51.6 Å². The SMILES string of the molecule is CC#CCN(C=O)/C(=C\C=O)N1CCCC(N)C1.COC(=O)c1cccc(CN(C)C)c1. The Morgan fingerprint density at radius 3 is 2.66 bits per heavy atom. The number of benzene rings is 1. The zero-order valence-electron chi connectivity index (χ0n) is 19.4. The van der Waals surface area contributed by atoms with Crippen LogP contribution in [-0.4, -0.2) is 80.2 Å². The fraction of sp³-hybridized carbons (Fsp3) is 0.458. The fourth-order valence-corrected chi connectivity index (χ4v) is 3.28. The summed E-state index contributed by atoms with van der Waals surface area (Å²) in [5.41, 5.74) is 7.62. The molecule has 1 aromatic carbocycles. The van der Waals surface area contributed by atoms with Crippen molar-refractivity contribution < 1.29 is 19.1 Å². The molecule has 1 unspecified atom stereocenters. The minimum Gasteiger partial charge on any atom is -0.465 e. The second kappa shape index (κ2) is 14.8. The number of piperidine rings is 1. The van der Waals surface area contributed by atoms with Gasteiger partial charge in [0.25, 0.3) is 0 Å². The summed E-state index contributed by atoms with van der Waals surface area (Å²) < 4.78 is 4.64. The van der Waals surface area contributed by atoms with E-state index in [0.717, 1.165) is 31.5 Å². The predicted molar refractivity (Wildman–Crippen MR) is 124 cm³/mol. The molecule has 1 saturated heterocycles. The van der Waals surface area contributed by atoms with Crippen molar-refractivity contribution in [3.8, 4) is 11.8 Å². The molecule has 174 valence electrons. The third kappa shape index (κ3) is 9.33. The Morgan fingerprint density at radius 2 is 2.09 bits per heavy atom. The highest BCUT2D eigenvalue weighted by Gasteiger charge is 2.21. The van der Waals surface area contributed by atoms with Gasteiger partial charge >= 0.3 is 5.97 Å². The van der Waals surface area contributed by atoms with Gasteiger partial charge < -0.3 is 20.3 Å². The molecule has 0 aliphatic carbocycles. The number of aldehydes is 1. The van der Waals surface area contributed by atoms with Crippen molar-refractivity contribution >= 4 is 18.7 Å². The number of hydrogen-bond donors (Lipinski definition) is 1. The normalized spacial score (nSPS) is 15.6. The van der Waals surface area contributed by atoms with Crippen molar-refractivity contribution in [1.29, 1.82) is 0 Å². The molecule has 8 heteroatoms. The number of methoxy groups -OCH3 is 1. The molecule has 0 spiro atoms. The van der Waals surface area contributed by atoms with Gasteiger partial charge in [-0.15, -0.1) is 5.92 Å². The third-order valence-corrected chi connectivity index (χ3v) is 4.69. The summed E-state index contributed by atoms with van der Waals surface area (Å²) in [6.07, 6.45) is 4.71. The maximum absolute atomic E-state index is 11.2. The first kappa shape index (κ1) is 26.9. The van der Waals surface area contributed by atoms with Crippen LogP contribution in [-0.2, 0) is 20.9 Å². The molecule has 0 bridgehead atoms. The van der Waals surface area contributed by atoms with Crippen LogP contribution < -0.4 is 5.73 Å². The van der Waals surface area contributed by atoms with Crippen LogP contribution in [0.1, 0.15) is 35.7 Å². The van der Waals surface area contributed by atoms with E-state index in [1.807, 2.05) is 37.2 Å². The third-order valence-electron chi connectivity index (χ3n) is 4.69. The van der Waals surface area contributed by atoms with Crippen molar-refractivity contribution in [3.63, 3.8) is 0 Å². The molecule has 0 saturated carbocycles. The van der Waals surface area contributed by atoms with Crippen LogP contribution in [0.25, 0.3) is 0 Å². The molecule has 1 aliphatic rings. The molecule has 32 heavy (non-hydrogen) atoms. The lowest BCUT2D eigenvalue weighted by Gasteiger charge is -2.36. The predicted octanol–water partition coefficient (Wildman–Crippen LogP) is 1.47. The summed E-state index contributed by atoms with van der Waals surface area (Å²) in [4.78, 5) is 38.5. The van der Waals surface area contributed by atoms with Crippen molar-refractivity contribution in [2.24, 2.45) is 5.73 Å². The van der Waals surface area contributed by atoms with Crippen molar-refractivity contribution in [2.75, 3.05) is 40.8 Å². The van der Waals surface area contributed by atoms with Crippen LogP contribution in [0.5, 0.6) is 0 Å². The molecule has 0 radical (unpaired) electrons. The zero-order valence-corrected chi connectivity index (χ0v) is 19.4. The Bertz CT molecular complexity index is 842. The highest BCUT2D eigenvalue weighted by Crippen LogP contribution is 2.16. The summed E-state index contributed by atoms with van der Waals surface area (Å²) in [6, 6.07) is 7.55. The van der Waals surface area contributed by atoms with Crippen LogP contribution in [0.2, 0.25) is 0 Å². The Balaban J connectivity index is 0.000000330. The first-order valence-electron chi connectivity index (χ1n) is 10.5. The van der Waals surface area contributed by atoms with E-state index in [1.165, 1.54) is 18.1 Å². The molecule has 2 N–H and O–H groups in total. The van der Waals surface area contributed by atoms with Gasteiger partial charge in [0.2, 0.25) is 6.41 Å². The Labute approximate surface area is 191 Å². The van der Waals surface area contributed by atoms with Gasteiger partial charge in [-0.25, -0.2) is 4.79 Å². The number of esters is 1. The van der Waals surface area contributed by atoms with E-state index in [-0.39, 0.29) is 18.6 Å². The van der Waals surface area contributed by atoms with E-state index in [4.69, 9.17) is 5.73 Å². The van der Waals surface area contributed by atoms with Crippen molar-refractivity contribution in [2.45, 2.75) is 32.4 Å². The maximum Gasteiger partial charge on any atom is 0.337 e. The maximum atomic E-state index is 11.2. The number of carbonyl (C=O) groups is 3. The minimum absolute atomic E-state index is 0.0829. The Kier molecular flexibility index (Phi) is 12.4. The summed E-state index contributed by atoms with van der Waals surface area (Å²) in [5, 5.41) is 0. The minimum atomic E-state index is -0.286. The quantitative estimate of drug-likeness (QED) is 0.282. The molecule has 1 heterocycles. The van der Waals surface area contributed by atoms with Crippen molar-refractivity contribution in [1.82, 2.24) is 14.7 Å². The lowest BCUT2D eigenvalue weighted by Crippen LogP contribution is -2.46. The lowest BCUT2D eigenvalue weighted by atomic mass is 10.1. The highest BCUT2D eigenvalue weighted by molar-refractivity contribution is 5.89. The highest BCUT2D eigenvalue weighted by atomic mass is 16.5. The largest absolute Gasteiger partial charge is 0.465 e. The lowest BCUT2D eigenvalue weighted by molar-refractivity contribution is -0.117. The summed E-state index contributed by atoms with van der Waals surface area (Å²) >= 11 is 0. The topological polar surface area (TPSA) is 96.2 Å². The number of nitrogens with two attached hydrogens (primary N) is 1. The molecule has 8 nitrogen and oxygen atoms in total. The molecular weight excluding hydrogens is 408 g/mol. The van der Waals surface area contributed by atoms with E-state index < -0.39 is 0 Å². The van der Waals surface area contributed by atoms with Gasteiger partial charge in [-0.2, -0.15) is 0 Å². The summed E-state index contributed by atoms with van der Waals surface area (Å²) in [5.74, 6) is 5.85. The molecule has 1 fully saturated rings. The number of carbonyl (C=O) groups excluding carboxylic acids is 3. The van der Waals surface area contributed by atoms with E-state index in [0.29, 0.717) is 30.6 Å². The van der Waals surface area contributed by atoms with Gasteiger partial charge in [0.1, 0.15) is 12.1 Å². The number of nitrogens with zero attached hydrogens (tertiary/aromatic N) is 3. The van der Waals surface area contributed by atoms with Gasteiger partial charge in [0.15, 0.2) is 0 Å². The van der Waals surface area contributed by atoms with E-state index in [9.17, 15) is 14.4 Å². The van der Waals surface area contributed by atoms with Crippen LogP contribution in [0, 0.1) is 11.8 Å². The number of likely N-dealkylation sites (tertiary alicyclic amines) is 1. The standard InChI is InChI=1S/C13H19N3O2.C11H15NO2/c1-2-3-7-16(11-18)13(6-9-17)15-8-4-5-12(14)10-15;1-12(2)8-9-5-4-6-10(7-9)11(13)14-3/h6,9,11-12H,4-5,7-8,10,14H2,1H3;4-7H,8H2,1-3H3/b13-6-;. The molecule has 1 aliphatic heterocycles. The van der Waals surface area contributed by atoms with E-state index in [2.05, 4.69) is 21.5 Å². The average molecular weight is 443 g/mol. The number of ether oxygens (including phenoxy) is 1. The summed E-state index contributed by atoms with van der Waals surface area (Å²) in [6.45, 7) is 4.28. The smallest absolute Gasteiger partial charge is 0.337 e. The average Bonchev–Trinajstić information content (AvgIpc) is 2.78. The molecule has 2 rings (SSSR count). The Hall–Kier alpha value is -3.15. The zero-order chi connectivity index (χ0) is 23.9. The van der Waals surface area contributed by atoms with E-state index >= 15 is 0 Å². The molecule has 1 atom stereocenters. The van der Waals surface area contributed by atoms with Gasteiger partial charge in [0.05, 0.1) is 19.2 Å². The number of hydrogen-bond acceptors (Lipinski definition) is 7. The van der Waals surface area contributed by atoms with Gasteiger partial charge in [-0.3, -0.25) is 14.5 Å². The van der Waals surface area contributed by atoms with Crippen LogP contribution >= 0.6 is 0 Å². The monoisotopic (exact) mass is 442 g/mol. The van der Waals surface area contributed by atoms with Crippen LogP contribution in [0.3, 0.4) is 0 Å². The molecule has 0 aromatic heterocycles. The van der Waals surface area contributed by atoms with E-state index in [1.54, 1.807) is 13.0 Å². The van der Waals surface area contributed by atoms with Gasteiger partial charge in [-0.1, -0.05) is 18.1 Å². The first-order chi connectivity index (χ1) is 15.4. The van der Waals surface area contributed by atoms with Gasteiger partial charge in [0, 0.05) is 31.8 Å². The Morgan fingerprint density at radius 1 is 1.34 bits per heavy atom. The second-order valence-corrected chi connectivity index (χ2v) is 7.60. The molecule has 1 amide bonds. The second-order valence-electron chi connectivity index (χ2n) is 7.60. The molecular formula is C24H34N4O4. The van der Waals surface area contributed by atoms with Crippen molar-refractivity contribution in [3.05, 3.63) is 47.3 Å². The number of allylic oxidation sites excluding steroid dienone is 1. The number of amides is 1. The van der Waals surface area contributed by atoms with Crippen LogP contribution in [0.15, 0.2) is 36.2 Å².